The van der Waals surface area contributed by atoms with Gasteiger partial charge in [-0.15, -0.1) is 0 Å². The molecule has 2 aliphatic heterocycles. The molecule has 3 aliphatic rings. The summed E-state index contributed by atoms with van der Waals surface area (Å²) in [6.45, 7) is 4.90. The Morgan fingerprint density at radius 2 is 2.11 bits per heavy atom. The molecule has 2 atom stereocenters. The van der Waals surface area contributed by atoms with Crippen molar-refractivity contribution < 1.29 is 19.1 Å². The highest BCUT2D eigenvalue weighted by molar-refractivity contribution is 6.03. The molecular formula is C23H27NO4. The van der Waals surface area contributed by atoms with Crippen molar-refractivity contribution in [3.63, 3.8) is 0 Å². The Bertz CT molecular complexity index is 861. The number of allylic oxidation sites excluding steroid dienone is 3. The lowest BCUT2D eigenvalue weighted by atomic mass is 9.75. The zero-order valence-electron chi connectivity index (χ0n) is 16.5. The number of benzene rings is 1. The van der Waals surface area contributed by atoms with Gasteiger partial charge in [-0.05, 0) is 45.1 Å². The van der Waals surface area contributed by atoms with Gasteiger partial charge in [0.05, 0.1) is 11.7 Å². The molecule has 0 unspecified atom stereocenters. The van der Waals surface area contributed by atoms with Crippen LogP contribution in [0.1, 0.15) is 56.1 Å². The van der Waals surface area contributed by atoms with Gasteiger partial charge in [0.1, 0.15) is 6.61 Å². The molecule has 1 aromatic rings. The third-order valence-corrected chi connectivity index (χ3v) is 5.80. The largest absolute Gasteiger partial charge is 0.459 e. The number of carbonyl (C=O) groups is 2. The molecule has 148 valence electrons. The summed E-state index contributed by atoms with van der Waals surface area (Å²) >= 11 is 0. The fraction of sp³-hybridized carbons (Fsp3) is 0.478. The summed E-state index contributed by atoms with van der Waals surface area (Å²) in [5.41, 5.74) is 5.07. The number of nitrogens with one attached hydrogen (secondary N) is 1. The van der Waals surface area contributed by atoms with Gasteiger partial charge < -0.3 is 14.8 Å². The van der Waals surface area contributed by atoms with E-state index in [1.165, 1.54) is 0 Å². The van der Waals surface area contributed by atoms with Crippen molar-refractivity contribution in [3.8, 4) is 0 Å². The summed E-state index contributed by atoms with van der Waals surface area (Å²) in [7, 11) is 0. The summed E-state index contributed by atoms with van der Waals surface area (Å²) in [5, 5.41) is 3.33. The molecule has 28 heavy (non-hydrogen) atoms. The van der Waals surface area contributed by atoms with Crippen LogP contribution in [0, 0.1) is 6.92 Å². The summed E-state index contributed by atoms with van der Waals surface area (Å²) in [6.07, 6.45) is 4.10. The molecule has 1 aromatic carbocycles. The number of carbonyl (C=O) groups excluding carboxylic acids is 2. The lowest BCUT2D eigenvalue weighted by Crippen LogP contribution is -2.35. The van der Waals surface area contributed by atoms with Crippen molar-refractivity contribution in [3.05, 3.63) is 57.9 Å². The van der Waals surface area contributed by atoms with Gasteiger partial charge >= 0.3 is 5.97 Å². The average Bonchev–Trinajstić information content (AvgIpc) is 3.19. The maximum absolute atomic E-state index is 13.1. The first-order valence-corrected chi connectivity index (χ1v) is 10.1. The van der Waals surface area contributed by atoms with Gasteiger partial charge in [-0.1, -0.05) is 29.8 Å². The first kappa shape index (κ1) is 18.9. The molecule has 1 N–H and O–H groups in total. The van der Waals surface area contributed by atoms with Crippen LogP contribution in [0.2, 0.25) is 0 Å². The highest BCUT2D eigenvalue weighted by atomic mass is 16.6. The molecule has 0 aromatic heterocycles. The Kier molecular flexibility index (Phi) is 5.36. The molecule has 1 fully saturated rings. The summed E-state index contributed by atoms with van der Waals surface area (Å²) in [4.78, 5) is 26.0. The van der Waals surface area contributed by atoms with Crippen molar-refractivity contribution in [2.75, 3.05) is 13.2 Å². The number of aryl methyl sites for hydroxylation is 1. The Hall–Kier alpha value is -2.40. The molecular weight excluding hydrogens is 354 g/mol. The predicted octanol–water partition coefficient (Wildman–Crippen LogP) is 3.69. The van der Waals surface area contributed by atoms with Crippen LogP contribution in [0.25, 0.3) is 0 Å². The van der Waals surface area contributed by atoms with E-state index in [-0.39, 0.29) is 30.4 Å². The maximum atomic E-state index is 13.1. The lowest BCUT2D eigenvalue weighted by Gasteiger charge is -2.34. The molecule has 5 nitrogen and oxygen atoms in total. The van der Waals surface area contributed by atoms with Crippen LogP contribution < -0.4 is 5.32 Å². The molecule has 0 spiro atoms. The molecule has 0 saturated carbocycles. The van der Waals surface area contributed by atoms with Gasteiger partial charge in [0.25, 0.3) is 0 Å². The topological polar surface area (TPSA) is 64.6 Å². The minimum absolute atomic E-state index is 0.0232. The lowest BCUT2D eigenvalue weighted by molar-refractivity contribution is -0.142. The molecule has 0 amide bonds. The molecule has 0 radical (unpaired) electrons. The summed E-state index contributed by atoms with van der Waals surface area (Å²) in [5.74, 6) is -0.616. The van der Waals surface area contributed by atoms with E-state index in [2.05, 4.69) is 11.4 Å². The molecule has 5 heteroatoms. The van der Waals surface area contributed by atoms with E-state index in [1.807, 2.05) is 32.0 Å². The van der Waals surface area contributed by atoms with Gasteiger partial charge in [-0.3, -0.25) is 4.79 Å². The zero-order valence-corrected chi connectivity index (χ0v) is 16.5. The number of ketones is 1. The van der Waals surface area contributed by atoms with Crippen LogP contribution in [0.5, 0.6) is 0 Å². The third kappa shape index (κ3) is 3.63. The first-order chi connectivity index (χ1) is 13.5. The van der Waals surface area contributed by atoms with Gasteiger partial charge in [-0.2, -0.15) is 0 Å². The highest BCUT2D eigenvalue weighted by Gasteiger charge is 2.39. The second-order valence-electron chi connectivity index (χ2n) is 7.91. The second kappa shape index (κ2) is 7.92. The van der Waals surface area contributed by atoms with Gasteiger partial charge in [0.15, 0.2) is 5.78 Å². The van der Waals surface area contributed by atoms with Gasteiger partial charge in [0.2, 0.25) is 0 Å². The van der Waals surface area contributed by atoms with E-state index >= 15 is 0 Å². The minimum atomic E-state index is -0.374. The maximum Gasteiger partial charge on any atom is 0.336 e. The first-order valence-electron chi connectivity index (χ1n) is 10.1. The van der Waals surface area contributed by atoms with E-state index in [4.69, 9.17) is 9.47 Å². The van der Waals surface area contributed by atoms with Crippen LogP contribution in [0.3, 0.4) is 0 Å². The molecule has 4 rings (SSSR count). The minimum Gasteiger partial charge on any atom is -0.459 e. The Morgan fingerprint density at radius 3 is 2.86 bits per heavy atom. The predicted molar refractivity (Wildman–Crippen MR) is 106 cm³/mol. The van der Waals surface area contributed by atoms with Crippen LogP contribution in [-0.2, 0) is 19.1 Å². The Balaban J connectivity index is 1.69. The Labute approximate surface area is 165 Å². The summed E-state index contributed by atoms with van der Waals surface area (Å²) < 4.78 is 11.2. The van der Waals surface area contributed by atoms with E-state index in [9.17, 15) is 9.59 Å². The Morgan fingerprint density at radius 1 is 1.25 bits per heavy atom. The van der Waals surface area contributed by atoms with Crippen molar-refractivity contribution in [1.29, 1.82) is 0 Å². The van der Waals surface area contributed by atoms with Gasteiger partial charge in [-0.25, -0.2) is 4.79 Å². The fourth-order valence-electron chi connectivity index (χ4n) is 4.46. The zero-order chi connectivity index (χ0) is 19.7. The van der Waals surface area contributed by atoms with E-state index < -0.39 is 0 Å². The third-order valence-electron chi connectivity index (χ3n) is 5.80. The molecule has 2 heterocycles. The van der Waals surface area contributed by atoms with Crippen molar-refractivity contribution >= 4 is 11.8 Å². The van der Waals surface area contributed by atoms with E-state index in [0.29, 0.717) is 12.0 Å². The average molecular weight is 381 g/mol. The van der Waals surface area contributed by atoms with Crippen molar-refractivity contribution in [1.82, 2.24) is 5.32 Å². The van der Waals surface area contributed by atoms with E-state index in [0.717, 1.165) is 60.4 Å². The number of hydrogen-bond donors (Lipinski definition) is 1. The second-order valence-corrected chi connectivity index (χ2v) is 7.91. The SMILES string of the molecule is CC1=C(C(=O)OC[C@@H]2CCCO2)[C@@H](c2cccc(C)c2)C2=C(CCCC2=O)N1. The van der Waals surface area contributed by atoms with Crippen LogP contribution >= 0.6 is 0 Å². The number of esters is 1. The number of Topliss-reactive ketones (excluding diaryl/α,β-unsaturated/α-hetero) is 1. The summed E-state index contributed by atoms with van der Waals surface area (Å²) in [6, 6.07) is 8.05. The van der Waals surface area contributed by atoms with E-state index in [1.54, 1.807) is 0 Å². The normalized spacial score (nSPS) is 24.9. The molecule has 1 aliphatic carbocycles. The molecule has 0 bridgehead atoms. The number of dihydropyridines is 1. The molecule has 1 saturated heterocycles. The number of rotatable bonds is 4. The van der Waals surface area contributed by atoms with Crippen LogP contribution in [0.15, 0.2) is 46.8 Å². The number of hydrogen-bond acceptors (Lipinski definition) is 5. The standard InChI is InChI=1S/C23H27NO4/c1-14-6-3-7-16(12-14)21-20(23(26)28-13-17-8-5-11-27-17)15(2)24-18-9-4-10-19(25)22(18)21/h3,6-7,12,17,21,24H,4-5,8-11,13H2,1-2H3/t17-,21+/m0/s1. The smallest absolute Gasteiger partial charge is 0.336 e. The van der Waals surface area contributed by atoms with Crippen molar-refractivity contribution in [2.45, 2.75) is 58.0 Å². The van der Waals surface area contributed by atoms with Crippen molar-refractivity contribution in [2.24, 2.45) is 0 Å². The van der Waals surface area contributed by atoms with Gasteiger partial charge in [0, 0.05) is 35.9 Å². The van der Waals surface area contributed by atoms with Crippen LogP contribution in [0.4, 0.5) is 0 Å². The van der Waals surface area contributed by atoms with Crippen LogP contribution in [-0.4, -0.2) is 31.1 Å². The highest BCUT2D eigenvalue weighted by Crippen LogP contribution is 2.42. The number of ether oxygens (including phenoxy) is 2. The fourth-order valence-corrected chi connectivity index (χ4v) is 4.46. The monoisotopic (exact) mass is 381 g/mol. The quantitative estimate of drug-likeness (QED) is 0.806.